The molecule has 0 spiro atoms. The van der Waals surface area contributed by atoms with Gasteiger partial charge in [0.1, 0.15) is 0 Å². The first kappa shape index (κ1) is 24.0. The zero-order valence-electron chi connectivity index (χ0n) is 17.2. The zero-order valence-corrected chi connectivity index (χ0v) is 17.2. The highest BCUT2D eigenvalue weighted by molar-refractivity contribution is 6.56. The number of carbonyl (C=O) groups excluding carboxylic acids is 1. The standard InChI is InChI=1S/C20H22F6N4O2/c1-32-12-11-29-16(27-19(21,22)23)17(28-20(24,25)26)30(18(29)31)15-9-7-14(8-10-15)13-5-3-2-4-6-13/h7-10,13H,2-6,11-12H2,1H3. The topological polar surface area (TPSA) is 57.5 Å². The maximum absolute atomic E-state index is 13.1. The van der Waals surface area contributed by atoms with E-state index in [1.54, 1.807) is 12.1 Å². The Labute approximate surface area is 180 Å². The summed E-state index contributed by atoms with van der Waals surface area (Å²) in [5.41, 5.74) is 0.933. The number of rotatable bonds is 5. The van der Waals surface area contributed by atoms with Crippen molar-refractivity contribution >= 4 is 23.4 Å². The number of nitrogens with zero attached hydrogens (tertiary/aromatic N) is 4. The Hall–Kier alpha value is -2.63. The number of carbonyl (C=O) groups is 1. The van der Waals surface area contributed by atoms with Crippen molar-refractivity contribution in [1.29, 1.82) is 0 Å². The van der Waals surface area contributed by atoms with Crippen molar-refractivity contribution in [2.24, 2.45) is 9.98 Å². The summed E-state index contributed by atoms with van der Waals surface area (Å²) in [5, 5.41) is 0. The normalized spacial score (nSPS) is 21.3. The first-order valence-electron chi connectivity index (χ1n) is 10.0. The van der Waals surface area contributed by atoms with Gasteiger partial charge in [-0.25, -0.2) is 9.69 Å². The van der Waals surface area contributed by atoms with E-state index in [2.05, 4.69) is 9.98 Å². The number of ether oxygens (including phenoxy) is 1. The Bertz CT molecular complexity index is 874. The van der Waals surface area contributed by atoms with Gasteiger partial charge in [-0.15, -0.1) is 26.3 Å². The molecule has 2 aliphatic rings. The van der Waals surface area contributed by atoms with Gasteiger partial charge in [-0.2, -0.15) is 9.98 Å². The fourth-order valence-electron chi connectivity index (χ4n) is 3.92. The monoisotopic (exact) mass is 464 g/mol. The summed E-state index contributed by atoms with van der Waals surface area (Å²) in [6, 6.07) is 5.07. The minimum atomic E-state index is -5.22. The minimum Gasteiger partial charge on any atom is -0.383 e. The van der Waals surface area contributed by atoms with Crippen LogP contribution in [0.15, 0.2) is 34.3 Å². The number of amides is 2. The Morgan fingerprint density at radius 2 is 1.50 bits per heavy atom. The van der Waals surface area contributed by atoms with Gasteiger partial charge < -0.3 is 4.74 Å². The number of aliphatic imine (C=N–C) groups is 2. The Morgan fingerprint density at radius 1 is 0.938 bits per heavy atom. The van der Waals surface area contributed by atoms with Crippen LogP contribution in [0.5, 0.6) is 0 Å². The lowest BCUT2D eigenvalue weighted by molar-refractivity contribution is -0.121. The molecule has 1 aliphatic carbocycles. The molecule has 1 saturated carbocycles. The van der Waals surface area contributed by atoms with E-state index in [4.69, 9.17) is 4.74 Å². The highest BCUT2D eigenvalue weighted by Crippen LogP contribution is 2.35. The van der Waals surface area contributed by atoms with Crippen LogP contribution in [-0.4, -0.2) is 55.5 Å². The third-order valence-electron chi connectivity index (χ3n) is 5.30. The molecule has 0 aromatic heterocycles. The van der Waals surface area contributed by atoms with Gasteiger partial charge in [0, 0.05) is 7.11 Å². The predicted molar refractivity (Wildman–Crippen MR) is 106 cm³/mol. The molecule has 176 valence electrons. The number of anilines is 1. The molecule has 0 radical (unpaired) electrons. The van der Waals surface area contributed by atoms with Crippen LogP contribution >= 0.6 is 0 Å². The smallest absolute Gasteiger partial charge is 0.383 e. The number of hydrogen-bond acceptors (Lipinski definition) is 4. The third kappa shape index (κ3) is 5.78. The second-order valence-electron chi connectivity index (χ2n) is 7.50. The van der Waals surface area contributed by atoms with Crippen LogP contribution in [0.4, 0.5) is 36.8 Å². The summed E-state index contributed by atoms with van der Waals surface area (Å²) in [4.78, 5) is 18.8. The first-order chi connectivity index (χ1) is 15.0. The van der Waals surface area contributed by atoms with Crippen molar-refractivity contribution in [3.63, 3.8) is 0 Å². The number of hydrogen-bond donors (Lipinski definition) is 0. The second-order valence-corrected chi connectivity index (χ2v) is 7.50. The summed E-state index contributed by atoms with van der Waals surface area (Å²) in [7, 11) is 1.24. The molecule has 2 fully saturated rings. The summed E-state index contributed by atoms with van der Waals surface area (Å²) in [6.07, 6.45) is -5.18. The number of urea groups is 1. The molecule has 12 heteroatoms. The van der Waals surface area contributed by atoms with Crippen molar-refractivity contribution in [1.82, 2.24) is 4.90 Å². The molecule has 0 unspecified atom stereocenters. The van der Waals surface area contributed by atoms with E-state index in [0.29, 0.717) is 15.7 Å². The minimum absolute atomic E-state index is 0.0349. The number of amidine groups is 2. The molecule has 0 bridgehead atoms. The molecule has 1 aromatic rings. The van der Waals surface area contributed by atoms with E-state index in [0.717, 1.165) is 37.7 Å². The van der Waals surface area contributed by atoms with Gasteiger partial charge in [0.2, 0.25) is 0 Å². The molecule has 6 nitrogen and oxygen atoms in total. The summed E-state index contributed by atoms with van der Waals surface area (Å²) in [6.45, 7) is -0.645. The predicted octanol–water partition coefficient (Wildman–Crippen LogP) is 5.46. The Kier molecular flexibility index (Phi) is 7.11. The molecule has 1 aromatic carbocycles. The van der Waals surface area contributed by atoms with Crippen LogP contribution in [-0.2, 0) is 4.74 Å². The van der Waals surface area contributed by atoms with Crippen LogP contribution in [0.25, 0.3) is 0 Å². The van der Waals surface area contributed by atoms with Gasteiger partial charge in [-0.05, 0) is 36.5 Å². The fourth-order valence-corrected chi connectivity index (χ4v) is 3.92. The van der Waals surface area contributed by atoms with Crippen molar-refractivity contribution in [3.8, 4) is 0 Å². The SMILES string of the molecule is COCCN1C(=O)N(c2ccc(C3CCCCC3)cc2)C(=NC(F)(F)F)C1=NC(F)(F)F. The molecule has 1 aliphatic heterocycles. The van der Waals surface area contributed by atoms with Crippen LogP contribution in [0.2, 0.25) is 0 Å². The quantitative estimate of drug-likeness (QED) is 0.429. The van der Waals surface area contributed by atoms with E-state index in [9.17, 15) is 31.1 Å². The third-order valence-corrected chi connectivity index (χ3v) is 5.30. The average Bonchev–Trinajstić information content (AvgIpc) is 2.95. The fraction of sp³-hybridized carbons (Fsp3) is 0.550. The van der Waals surface area contributed by atoms with Gasteiger partial charge in [0.15, 0.2) is 11.7 Å². The van der Waals surface area contributed by atoms with Gasteiger partial charge in [-0.3, -0.25) is 4.90 Å². The van der Waals surface area contributed by atoms with Crippen molar-refractivity contribution in [2.75, 3.05) is 25.2 Å². The molecule has 3 rings (SSSR count). The van der Waals surface area contributed by atoms with Gasteiger partial charge in [0.25, 0.3) is 0 Å². The molecule has 0 N–H and O–H groups in total. The second kappa shape index (κ2) is 9.47. The highest BCUT2D eigenvalue weighted by atomic mass is 19.4. The molecule has 32 heavy (non-hydrogen) atoms. The lowest BCUT2D eigenvalue weighted by atomic mass is 9.84. The van der Waals surface area contributed by atoms with Crippen LogP contribution in [0, 0.1) is 0 Å². The van der Waals surface area contributed by atoms with E-state index in [1.807, 2.05) is 0 Å². The average molecular weight is 464 g/mol. The molecular formula is C20H22F6N4O2. The van der Waals surface area contributed by atoms with E-state index >= 15 is 0 Å². The summed E-state index contributed by atoms with van der Waals surface area (Å²) < 4.78 is 83.2. The summed E-state index contributed by atoms with van der Waals surface area (Å²) in [5.74, 6) is -2.16. The van der Waals surface area contributed by atoms with E-state index < -0.39 is 36.8 Å². The highest BCUT2D eigenvalue weighted by Gasteiger charge is 2.46. The van der Waals surface area contributed by atoms with Crippen molar-refractivity contribution in [2.45, 2.75) is 50.6 Å². The Balaban J connectivity index is 2.04. The maximum atomic E-state index is 13.1. The molecule has 1 saturated heterocycles. The maximum Gasteiger partial charge on any atom is 0.505 e. The number of alkyl halides is 6. The molecule has 2 amide bonds. The van der Waals surface area contributed by atoms with E-state index in [-0.39, 0.29) is 12.3 Å². The number of benzene rings is 1. The van der Waals surface area contributed by atoms with Crippen molar-refractivity contribution < 1.29 is 35.9 Å². The van der Waals surface area contributed by atoms with Crippen molar-refractivity contribution in [3.05, 3.63) is 29.8 Å². The van der Waals surface area contributed by atoms with E-state index in [1.165, 1.54) is 19.2 Å². The van der Waals surface area contributed by atoms with Crippen LogP contribution in [0.1, 0.15) is 43.6 Å². The largest absolute Gasteiger partial charge is 0.505 e. The zero-order chi connectivity index (χ0) is 23.5. The molecular weight excluding hydrogens is 442 g/mol. The first-order valence-corrected chi connectivity index (χ1v) is 10.0. The van der Waals surface area contributed by atoms with Gasteiger partial charge in [-0.1, -0.05) is 31.4 Å². The van der Waals surface area contributed by atoms with Crippen LogP contribution in [0.3, 0.4) is 0 Å². The lowest BCUT2D eigenvalue weighted by Gasteiger charge is -2.23. The number of methoxy groups -OCH3 is 1. The number of halogens is 6. The van der Waals surface area contributed by atoms with Gasteiger partial charge in [0.05, 0.1) is 18.8 Å². The molecule has 0 atom stereocenters. The van der Waals surface area contributed by atoms with Gasteiger partial charge >= 0.3 is 18.6 Å². The lowest BCUT2D eigenvalue weighted by Crippen LogP contribution is -2.36. The molecule has 1 heterocycles. The summed E-state index contributed by atoms with van der Waals surface area (Å²) >= 11 is 0. The Morgan fingerprint density at radius 3 is 2.03 bits per heavy atom. The van der Waals surface area contributed by atoms with Crippen LogP contribution < -0.4 is 4.90 Å².